The normalized spacial score (nSPS) is 10.9. The lowest BCUT2D eigenvalue weighted by Gasteiger charge is -2.04. The molecule has 2 N–H and O–H groups in total. The van der Waals surface area contributed by atoms with Crippen LogP contribution in [0.25, 0.3) is 16.7 Å². The number of nitrogens with zero attached hydrogens (tertiary/aromatic N) is 4. The maximum Gasteiger partial charge on any atom is 0.145 e. The maximum atomic E-state index is 5.61. The minimum absolute atomic E-state index is 0.479. The molecule has 0 saturated heterocycles. The molecule has 0 atom stereocenters. The van der Waals surface area contributed by atoms with E-state index in [9.17, 15) is 0 Å². The number of nitrogens with two attached hydrogens (primary N) is 1. The Balaban J connectivity index is 2.30. The number of nitrogen functional groups attached to an aromatic ring is 1. The van der Waals surface area contributed by atoms with Gasteiger partial charge in [0.25, 0.3) is 0 Å². The smallest absolute Gasteiger partial charge is 0.145 e. The summed E-state index contributed by atoms with van der Waals surface area (Å²) in [5.41, 5.74) is 8.07. The lowest BCUT2D eigenvalue weighted by molar-refractivity contribution is 0.888. The van der Waals surface area contributed by atoms with Gasteiger partial charge in [0.1, 0.15) is 11.3 Å². The summed E-state index contributed by atoms with van der Waals surface area (Å²) >= 11 is 3.37. The summed E-state index contributed by atoms with van der Waals surface area (Å²) < 4.78 is 2.59. The van der Waals surface area contributed by atoms with E-state index in [1.165, 1.54) is 0 Å². The summed E-state index contributed by atoms with van der Waals surface area (Å²) in [7, 11) is 0. The highest BCUT2D eigenvalue weighted by molar-refractivity contribution is 9.10. The van der Waals surface area contributed by atoms with Crippen LogP contribution in [-0.4, -0.2) is 19.7 Å². The van der Waals surface area contributed by atoms with Gasteiger partial charge in [-0.05, 0) is 28.1 Å². The minimum Gasteiger partial charge on any atom is -0.382 e. The van der Waals surface area contributed by atoms with Crippen molar-refractivity contribution in [3.8, 4) is 5.69 Å². The Morgan fingerprint density at radius 2 is 2.12 bits per heavy atom. The van der Waals surface area contributed by atoms with E-state index >= 15 is 0 Å². The number of hydrogen-bond donors (Lipinski definition) is 1. The first-order valence-corrected chi connectivity index (χ1v) is 5.75. The lowest BCUT2D eigenvalue weighted by atomic mass is 10.3. The Kier molecular flexibility index (Phi) is 2.29. The second-order valence-electron chi connectivity index (χ2n) is 3.54. The van der Waals surface area contributed by atoms with Gasteiger partial charge in [0, 0.05) is 29.1 Å². The maximum absolute atomic E-state index is 5.61. The van der Waals surface area contributed by atoms with Crippen LogP contribution in [0, 0.1) is 0 Å². The molecule has 0 aromatic carbocycles. The Labute approximate surface area is 105 Å². The average molecular weight is 290 g/mol. The first kappa shape index (κ1) is 10.2. The molecule has 3 aromatic heterocycles. The first-order chi connectivity index (χ1) is 8.24. The molecule has 0 unspecified atom stereocenters. The number of halogens is 1. The Morgan fingerprint density at radius 3 is 2.88 bits per heavy atom. The van der Waals surface area contributed by atoms with Crippen molar-refractivity contribution >= 4 is 32.8 Å². The highest BCUT2D eigenvalue weighted by Gasteiger charge is 2.06. The molecule has 84 valence electrons. The molecule has 5 nitrogen and oxygen atoms in total. The van der Waals surface area contributed by atoms with Crippen LogP contribution in [0.1, 0.15) is 0 Å². The molecule has 3 aromatic rings. The summed E-state index contributed by atoms with van der Waals surface area (Å²) in [5, 5.41) is 4.17. The van der Waals surface area contributed by atoms with E-state index in [2.05, 4.69) is 31.0 Å². The zero-order chi connectivity index (χ0) is 11.8. The molecule has 0 amide bonds. The van der Waals surface area contributed by atoms with E-state index in [-0.39, 0.29) is 0 Å². The molecule has 0 saturated carbocycles. The first-order valence-electron chi connectivity index (χ1n) is 4.96. The third-order valence-electron chi connectivity index (χ3n) is 2.38. The molecule has 3 rings (SSSR count). The summed E-state index contributed by atoms with van der Waals surface area (Å²) in [6.45, 7) is 0. The van der Waals surface area contributed by atoms with Gasteiger partial charge in [0.15, 0.2) is 0 Å². The third kappa shape index (κ3) is 1.76. The van der Waals surface area contributed by atoms with E-state index < -0.39 is 0 Å². The molecule has 0 aliphatic carbocycles. The molecule has 0 fully saturated rings. The quantitative estimate of drug-likeness (QED) is 0.745. The van der Waals surface area contributed by atoms with E-state index in [0.29, 0.717) is 5.82 Å². The van der Waals surface area contributed by atoms with Crippen molar-refractivity contribution in [1.82, 2.24) is 19.7 Å². The van der Waals surface area contributed by atoms with Crippen LogP contribution in [0.5, 0.6) is 0 Å². The van der Waals surface area contributed by atoms with Crippen molar-refractivity contribution in [2.75, 3.05) is 5.73 Å². The predicted molar refractivity (Wildman–Crippen MR) is 68.8 cm³/mol. The van der Waals surface area contributed by atoms with Gasteiger partial charge < -0.3 is 5.73 Å². The number of pyridine rings is 2. The molecular weight excluding hydrogens is 282 g/mol. The van der Waals surface area contributed by atoms with Gasteiger partial charge in [-0.3, -0.25) is 9.97 Å². The molecule has 0 bridgehead atoms. The van der Waals surface area contributed by atoms with E-state index in [4.69, 9.17) is 5.73 Å². The van der Waals surface area contributed by atoms with E-state index in [0.717, 1.165) is 21.2 Å². The number of hydrogen-bond acceptors (Lipinski definition) is 4. The molecule has 17 heavy (non-hydrogen) atoms. The van der Waals surface area contributed by atoms with Gasteiger partial charge in [0.2, 0.25) is 0 Å². The Morgan fingerprint density at radius 1 is 1.24 bits per heavy atom. The summed E-state index contributed by atoms with van der Waals surface area (Å²) in [4.78, 5) is 8.63. The van der Waals surface area contributed by atoms with Gasteiger partial charge in [0.05, 0.1) is 11.2 Å². The molecule has 3 heterocycles. The van der Waals surface area contributed by atoms with Crippen molar-refractivity contribution in [2.45, 2.75) is 0 Å². The molecule has 0 aliphatic rings. The van der Waals surface area contributed by atoms with Crippen molar-refractivity contribution in [1.29, 1.82) is 0 Å². The Bertz CT molecular complexity index is 691. The van der Waals surface area contributed by atoms with Crippen molar-refractivity contribution < 1.29 is 0 Å². The molecular formula is C11H8BrN5. The van der Waals surface area contributed by atoms with Crippen molar-refractivity contribution in [3.05, 3.63) is 41.3 Å². The Hall–Kier alpha value is -1.95. The fourth-order valence-corrected chi connectivity index (χ4v) is 1.97. The SMILES string of the molecule is Nc1ccn(-c2ccnc3cc(Br)cnc23)n1. The highest BCUT2D eigenvalue weighted by Crippen LogP contribution is 2.21. The molecule has 0 radical (unpaired) electrons. The van der Waals surface area contributed by atoms with Gasteiger partial charge in [-0.2, -0.15) is 5.10 Å². The van der Waals surface area contributed by atoms with E-state index in [1.807, 2.05) is 12.1 Å². The monoisotopic (exact) mass is 289 g/mol. The molecule has 0 aliphatic heterocycles. The predicted octanol–water partition coefficient (Wildman–Crippen LogP) is 2.16. The van der Waals surface area contributed by atoms with Gasteiger partial charge >= 0.3 is 0 Å². The number of rotatable bonds is 1. The summed E-state index contributed by atoms with van der Waals surface area (Å²) in [6, 6.07) is 5.51. The molecule has 6 heteroatoms. The zero-order valence-corrected chi connectivity index (χ0v) is 10.3. The summed E-state index contributed by atoms with van der Waals surface area (Å²) in [6.07, 6.45) is 5.26. The van der Waals surface area contributed by atoms with Gasteiger partial charge in [-0.15, -0.1) is 0 Å². The topological polar surface area (TPSA) is 69.6 Å². The van der Waals surface area contributed by atoms with Crippen LogP contribution in [-0.2, 0) is 0 Å². The van der Waals surface area contributed by atoms with Crippen LogP contribution in [0.4, 0.5) is 5.82 Å². The standard InChI is InChI=1S/C11H8BrN5/c12-7-5-8-11(15-6-7)9(1-3-14-8)17-4-2-10(13)16-17/h1-6H,(H2,13,16). The second-order valence-corrected chi connectivity index (χ2v) is 4.45. The fourth-order valence-electron chi connectivity index (χ4n) is 1.65. The van der Waals surface area contributed by atoms with Gasteiger partial charge in [-0.25, -0.2) is 4.68 Å². The number of fused-ring (bicyclic) bond motifs is 1. The largest absolute Gasteiger partial charge is 0.382 e. The zero-order valence-electron chi connectivity index (χ0n) is 8.71. The van der Waals surface area contributed by atoms with Crippen LogP contribution < -0.4 is 5.73 Å². The van der Waals surface area contributed by atoms with Crippen LogP contribution in [0.15, 0.2) is 41.3 Å². The average Bonchev–Trinajstić information content (AvgIpc) is 2.74. The lowest BCUT2D eigenvalue weighted by Crippen LogP contribution is -1.99. The third-order valence-corrected chi connectivity index (χ3v) is 2.81. The number of anilines is 1. The minimum atomic E-state index is 0.479. The number of aromatic nitrogens is 4. The van der Waals surface area contributed by atoms with Crippen LogP contribution in [0.2, 0.25) is 0 Å². The molecule has 0 spiro atoms. The van der Waals surface area contributed by atoms with Crippen molar-refractivity contribution in [2.24, 2.45) is 0 Å². The second kappa shape index (κ2) is 3.81. The summed E-state index contributed by atoms with van der Waals surface area (Å²) in [5.74, 6) is 0.479. The van der Waals surface area contributed by atoms with Crippen LogP contribution in [0.3, 0.4) is 0 Å². The fraction of sp³-hybridized carbons (Fsp3) is 0. The highest BCUT2D eigenvalue weighted by atomic mass is 79.9. The van der Waals surface area contributed by atoms with E-state index in [1.54, 1.807) is 29.3 Å². The van der Waals surface area contributed by atoms with Crippen LogP contribution >= 0.6 is 15.9 Å². The van der Waals surface area contributed by atoms with Crippen molar-refractivity contribution in [3.63, 3.8) is 0 Å². The van der Waals surface area contributed by atoms with Gasteiger partial charge in [-0.1, -0.05) is 0 Å².